The van der Waals surface area contributed by atoms with E-state index in [1.54, 1.807) is 0 Å². The summed E-state index contributed by atoms with van der Waals surface area (Å²) in [5, 5.41) is 9.19. The molecule has 0 bridgehead atoms. The number of aliphatic hydroxyl groups is 1. The minimum atomic E-state index is -4.48. The Hall–Kier alpha value is 0.290. The number of carbonyl (C=O) groups excluding carboxylic acids is 2. The molecule has 17 heteroatoms. The van der Waals surface area contributed by atoms with Gasteiger partial charge >= 0.3 is 18.9 Å². The van der Waals surface area contributed by atoms with Crippen LogP contribution in [0.1, 0.15) is 0 Å². The van der Waals surface area contributed by atoms with Gasteiger partial charge in [-0.25, -0.2) is 9.59 Å². The van der Waals surface area contributed by atoms with Crippen molar-refractivity contribution < 1.29 is 58.3 Å². The third-order valence-electron chi connectivity index (χ3n) is 0.720. The number of aliphatic hydroxyl groups excluding tert-OH is 1. The average molecular weight is 625 g/mol. The standard InChI is InChI=1S/C3H4BrF3O.C3H4BrFO2.C2H5BrO.CF2O.F2S/c4-1-2-8-3(5,6)7;4-1-2-7-3(5)6;3-1-2-4;2-1(3)4;1-3-2/h1-2H2;1-2H2;4H,1-2H2;;. The molecule has 0 aliphatic rings. The first kappa shape index (κ1) is 37.1. The molecule has 0 spiro atoms. The summed E-state index contributed by atoms with van der Waals surface area (Å²) in [6.45, 7) is -0.00116. The average Bonchev–Trinajstić information content (AvgIpc) is 2.51. The molecule has 0 aromatic rings. The van der Waals surface area contributed by atoms with Crippen LogP contribution in [-0.2, 0) is 9.47 Å². The maximum atomic E-state index is 11.0. The number of carbonyl (C=O) groups is 2. The molecule has 0 unspecified atom stereocenters. The largest absolute Gasteiger partial charge is 0.522 e. The van der Waals surface area contributed by atoms with E-state index in [1.165, 1.54) is 0 Å². The Morgan fingerprint density at radius 1 is 0.923 bits per heavy atom. The number of ether oxygens (including phenoxy) is 2. The molecular formula is C9H13Br3F8O5S. The number of rotatable bonds is 5. The van der Waals surface area contributed by atoms with Crippen molar-refractivity contribution in [2.75, 3.05) is 35.8 Å². The smallest absolute Gasteiger partial charge is 0.439 e. The molecule has 1 N–H and O–H groups in total. The summed E-state index contributed by atoms with van der Waals surface area (Å²) >= 11 is 7.46. The van der Waals surface area contributed by atoms with Gasteiger partial charge in [0.2, 0.25) is 0 Å². The van der Waals surface area contributed by atoms with Gasteiger partial charge in [0.25, 0.3) is 12.5 Å². The van der Waals surface area contributed by atoms with E-state index >= 15 is 0 Å². The lowest BCUT2D eigenvalue weighted by atomic mass is 10.9. The molecule has 5 nitrogen and oxygen atoms in total. The molecule has 0 fully saturated rings. The molecule has 0 aliphatic carbocycles. The van der Waals surface area contributed by atoms with Gasteiger partial charge in [0.15, 0.2) is 0 Å². The fourth-order valence-electron chi connectivity index (χ4n) is 0.273. The van der Waals surface area contributed by atoms with Crippen LogP contribution in [0, 0.1) is 0 Å². The lowest BCUT2D eigenvalue weighted by Crippen LogP contribution is -2.14. The van der Waals surface area contributed by atoms with E-state index in [9.17, 15) is 38.9 Å². The Labute approximate surface area is 173 Å². The van der Waals surface area contributed by atoms with Gasteiger partial charge in [-0.15, -0.1) is 34.1 Å². The van der Waals surface area contributed by atoms with Crippen molar-refractivity contribution in [1.82, 2.24) is 0 Å². The molecule has 0 rings (SSSR count). The second-order valence-electron chi connectivity index (χ2n) is 2.45. The molecular weight excluding hydrogens is 612 g/mol. The third kappa shape index (κ3) is 124. The normalized spacial score (nSPS) is 8.77. The summed E-state index contributed by atoms with van der Waals surface area (Å²) in [4.78, 5) is 17.4. The Bertz CT molecular complexity index is 287. The van der Waals surface area contributed by atoms with Crippen LogP contribution < -0.4 is 0 Å². The van der Waals surface area contributed by atoms with E-state index in [2.05, 4.69) is 57.3 Å². The monoisotopic (exact) mass is 622 g/mol. The lowest BCUT2D eigenvalue weighted by molar-refractivity contribution is -0.321. The SMILES string of the molecule is FC(F)(F)OCCBr.FSF.O=C(F)F.O=C(F)OCCBr.OCCBr. The quantitative estimate of drug-likeness (QED) is 0.220. The Morgan fingerprint density at radius 2 is 1.23 bits per heavy atom. The summed E-state index contributed by atoms with van der Waals surface area (Å²) in [6.07, 6.45) is -9.03. The first-order valence-electron chi connectivity index (χ1n) is 5.45. The second kappa shape index (κ2) is 32.9. The summed E-state index contributed by atoms with van der Waals surface area (Å²) < 4.78 is 89.6. The van der Waals surface area contributed by atoms with Crippen LogP contribution in [0.2, 0.25) is 0 Å². The minimum Gasteiger partial charge on any atom is -0.439 e. The predicted molar refractivity (Wildman–Crippen MR) is 90.3 cm³/mol. The van der Waals surface area contributed by atoms with Crippen LogP contribution in [0.3, 0.4) is 0 Å². The van der Waals surface area contributed by atoms with Gasteiger partial charge in [0, 0.05) is 16.0 Å². The van der Waals surface area contributed by atoms with Crippen molar-refractivity contribution >= 4 is 72.8 Å². The number of hydrogen-bond acceptors (Lipinski definition) is 6. The topological polar surface area (TPSA) is 72.8 Å². The van der Waals surface area contributed by atoms with Crippen molar-refractivity contribution in [3.63, 3.8) is 0 Å². The van der Waals surface area contributed by atoms with Crippen molar-refractivity contribution in [1.29, 1.82) is 0 Å². The van der Waals surface area contributed by atoms with Gasteiger partial charge in [-0.3, -0.25) is 4.74 Å². The molecule has 0 saturated carbocycles. The van der Waals surface area contributed by atoms with E-state index < -0.39 is 31.4 Å². The van der Waals surface area contributed by atoms with Crippen LogP contribution in [0.25, 0.3) is 0 Å². The fraction of sp³-hybridized carbons (Fsp3) is 0.778. The molecule has 162 valence electrons. The molecule has 0 saturated heterocycles. The molecule has 0 aliphatic heterocycles. The third-order valence-corrected chi connectivity index (χ3v) is 1.72. The Balaban J connectivity index is -0.0000000745. The highest BCUT2D eigenvalue weighted by Gasteiger charge is 2.28. The maximum Gasteiger partial charge on any atom is 0.522 e. The molecule has 0 radical (unpaired) electrons. The number of alkyl halides is 6. The molecule has 0 atom stereocenters. The Morgan fingerprint density at radius 3 is 1.31 bits per heavy atom. The van der Waals surface area contributed by atoms with Gasteiger partial charge in [-0.1, -0.05) is 47.8 Å². The predicted octanol–water partition coefficient (Wildman–Crippen LogP) is 6.31. The van der Waals surface area contributed by atoms with Gasteiger partial charge in [0.1, 0.15) is 6.61 Å². The van der Waals surface area contributed by atoms with Crippen molar-refractivity contribution in [2.45, 2.75) is 6.36 Å². The van der Waals surface area contributed by atoms with Crippen LogP contribution >= 0.6 is 60.3 Å². The summed E-state index contributed by atoms with van der Waals surface area (Å²) in [5.41, 5.74) is 0. The van der Waals surface area contributed by atoms with Crippen LogP contribution in [0.4, 0.5) is 43.7 Å². The van der Waals surface area contributed by atoms with Crippen LogP contribution in [0.15, 0.2) is 0 Å². The summed E-state index contributed by atoms with van der Waals surface area (Å²) in [5.74, 6) is 0. The molecule has 0 amide bonds. The van der Waals surface area contributed by atoms with E-state index in [-0.39, 0.29) is 25.2 Å². The summed E-state index contributed by atoms with van der Waals surface area (Å²) in [6, 6.07) is 0. The lowest BCUT2D eigenvalue weighted by Gasteiger charge is -2.03. The fourth-order valence-corrected chi connectivity index (χ4v) is 0.597. The van der Waals surface area contributed by atoms with E-state index in [1.807, 2.05) is 0 Å². The van der Waals surface area contributed by atoms with E-state index in [0.29, 0.717) is 10.7 Å². The van der Waals surface area contributed by atoms with Crippen molar-refractivity contribution in [3.8, 4) is 0 Å². The number of hydrogen-bond donors (Lipinski definition) is 1. The molecule has 0 aromatic carbocycles. The van der Waals surface area contributed by atoms with E-state index in [0.717, 1.165) is 0 Å². The number of halogens is 11. The van der Waals surface area contributed by atoms with Crippen molar-refractivity contribution in [2.24, 2.45) is 0 Å². The van der Waals surface area contributed by atoms with Gasteiger partial charge in [0.05, 0.1) is 13.2 Å². The summed E-state index contributed by atoms with van der Waals surface area (Å²) in [7, 11) is 0. The highest BCUT2D eigenvalue weighted by Crippen LogP contribution is 2.15. The second-order valence-corrected chi connectivity index (χ2v) is 4.95. The molecule has 26 heavy (non-hydrogen) atoms. The zero-order valence-electron chi connectivity index (χ0n) is 12.4. The van der Waals surface area contributed by atoms with Gasteiger partial charge in [-0.05, 0) is 0 Å². The van der Waals surface area contributed by atoms with Crippen LogP contribution in [-0.4, -0.2) is 59.8 Å². The minimum absolute atomic E-state index is 0.0926. The zero-order valence-corrected chi connectivity index (χ0v) is 18.0. The van der Waals surface area contributed by atoms with E-state index in [4.69, 9.17) is 9.90 Å². The highest BCUT2D eigenvalue weighted by molar-refractivity contribution is 9.09. The van der Waals surface area contributed by atoms with Gasteiger partial charge in [-0.2, -0.15) is 0 Å². The molecule has 0 heterocycles. The first-order chi connectivity index (χ1) is 11.9. The maximum absolute atomic E-state index is 11.0. The van der Waals surface area contributed by atoms with Gasteiger partial charge < -0.3 is 9.84 Å². The zero-order chi connectivity index (χ0) is 22.0. The van der Waals surface area contributed by atoms with Crippen LogP contribution in [0.5, 0.6) is 0 Å². The highest BCUT2D eigenvalue weighted by atomic mass is 79.9. The molecule has 0 aromatic heterocycles. The first-order valence-corrected chi connectivity index (χ1v) is 9.44. The Kier molecular flexibility index (Phi) is 47.0. The van der Waals surface area contributed by atoms with Crippen molar-refractivity contribution in [3.05, 3.63) is 0 Å².